The third kappa shape index (κ3) is 4.05. The van der Waals surface area contributed by atoms with Crippen LogP contribution in [0.4, 0.5) is 5.69 Å². The number of nitrogens with zero attached hydrogens (tertiary/aromatic N) is 2. The van der Waals surface area contributed by atoms with Crippen LogP contribution in [0.2, 0.25) is 0 Å². The van der Waals surface area contributed by atoms with Gasteiger partial charge < -0.3 is 14.6 Å². The van der Waals surface area contributed by atoms with E-state index >= 15 is 0 Å². The molecule has 0 saturated carbocycles. The Morgan fingerprint density at radius 3 is 2.26 bits per heavy atom. The van der Waals surface area contributed by atoms with Crippen LogP contribution in [0.5, 0.6) is 0 Å². The van der Waals surface area contributed by atoms with Gasteiger partial charge in [-0.3, -0.25) is 4.98 Å². The lowest BCUT2D eigenvalue weighted by Crippen LogP contribution is -2.29. The normalized spacial score (nSPS) is 18.3. The molecule has 4 nitrogen and oxygen atoms in total. The highest BCUT2D eigenvalue weighted by Crippen LogP contribution is 2.43. The van der Waals surface area contributed by atoms with Crippen LogP contribution in [0.25, 0.3) is 11.3 Å². The maximum absolute atomic E-state index is 6.38. The first-order chi connectivity index (χ1) is 15.1. The number of nitrogens with one attached hydrogen (secondary N) is 1. The van der Waals surface area contributed by atoms with Crippen molar-refractivity contribution >= 4 is 54.9 Å². The first-order valence-corrected chi connectivity index (χ1v) is 11.7. The number of rotatable bonds is 4. The van der Waals surface area contributed by atoms with Crippen LogP contribution in [-0.2, 0) is 0 Å². The van der Waals surface area contributed by atoms with Gasteiger partial charge in [-0.2, -0.15) is 0 Å². The lowest BCUT2D eigenvalue weighted by atomic mass is 10.0. The summed E-state index contributed by atoms with van der Waals surface area (Å²) in [6, 6.07) is 25.8. The van der Waals surface area contributed by atoms with Gasteiger partial charge >= 0.3 is 0 Å². The summed E-state index contributed by atoms with van der Waals surface area (Å²) in [5.41, 5.74) is 2.93. The summed E-state index contributed by atoms with van der Waals surface area (Å²) >= 11 is 12.8. The molecule has 1 fully saturated rings. The summed E-state index contributed by atoms with van der Waals surface area (Å²) in [5, 5.41) is 4.10. The number of thiocarbonyl (C=S) groups is 1. The Bertz CT molecular complexity index is 1210. The standard InChI is InChI=1S/C24H17Br2N3OS/c25-16-6-4-15(5-7-16)20-12-13-21(30-20)23-22(19-3-1-2-14-27-19)28-24(31)29(23)18-10-8-17(26)9-11-18/h1-14,22-23H,(H,28,31). The summed E-state index contributed by atoms with van der Waals surface area (Å²) in [6.07, 6.45) is 1.80. The molecule has 1 saturated heterocycles. The Morgan fingerprint density at radius 1 is 0.871 bits per heavy atom. The molecule has 2 atom stereocenters. The molecule has 5 rings (SSSR count). The molecule has 2 aromatic heterocycles. The van der Waals surface area contributed by atoms with Gasteiger partial charge in [0.05, 0.1) is 11.7 Å². The number of benzene rings is 2. The molecule has 1 N–H and O–H groups in total. The Balaban J connectivity index is 1.59. The summed E-state index contributed by atoms with van der Waals surface area (Å²) in [4.78, 5) is 6.69. The van der Waals surface area contributed by atoms with Crippen molar-refractivity contribution in [3.63, 3.8) is 0 Å². The van der Waals surface area contributed by atoms with Crippen LogP contribution < -0.4 is 10.2 Å². The molecule has 7 heteroatoms. The molecule has 4 aromatic rings. The zero-order valence-electron chi connectivity index (χ0n) is 16.2. The van der Waals surface area contributed by atoms with Gasteiger partial charge in [0, 0.05) is 26.4 Å². The third-order valence-corrected chi connectivity index (χ3v) is 6.62. The van der Waals surface area contributed by atoms with Gasteiger partial charge in [0.1, 0.15) is 17.6 Å². The van der Waals surface area contributed by atoms with Crippen LogP contribution in [-0.4, -0.2) is 10.1 Å². The highest BCUT2D eigenvalue weighted by Gasteiger charge is 2.42. The summed E-state index contributed by atoms with van der Waals surface area (Å²) in [7, 11) is 0. The van der Waals surface area contributed by atoms with Crippen molar-refractivity contribution in [2.24, 2.45) is 0 Å². The molecule has 0 aliphatic carbocycles. The van der Waals surface area contributed by atoms with Crippen LogP contribution in [0.3, 0.4) is 0 Å². The summed E-state index contributed by atoms with van der Waals surface area (Å²) < 4.78 is 8.42. The van der Waals surface area contributed by atoms with E-state index in [0.29, 0.717) is 5.11 Å². The molecule has 2 aromatic carbocycles. The second kappa shape index (κ2) is 8.57. The maximum atomic E-state index is 6.38. The predicted octanol–water partition coefficient (Wildman–Crippen LogP) is 7.04. The first kappa shape index (κ1) is 20.4. The minimum atomic E-state index is -0.173. The van der Waals surface area contributed by atoms with Crippen molar-refractivity contribution in [1.29, 1.82) is 0 Å². The average Bonchev–Trinajstić information content (AvgIpc) is 3.40. The largest absolute Gasteiger partial charge is 0.459 e. The van der Waals surface area contributed by atoms with Crippen LogP contribution in [0.15, 0.2) is 98.4 Å². The number of halogens is 2. The van der Waals surface area contributed by atoms with Gasteiger partial charge in [-0.1, -0.05) is 50.1 Å². The fourth-order valence-corrected chi connectivity index (χ4v) is 4.68. The molecule has 3 heterocycles. The fraction of sp³-hybridized carbons (Fsp3) is 0.0833. The molecule has 0 radical (unpaired) electrons. The van der Waals surface area contributed by atoms with Crippen molar-refractivity contribution in [3.8, 4) is 11.3 Å². The summed E-state index contributed by atoms with van der Waals surface area (Å²) in [5.74, 6) is 1.64. The van der Waals surface area contributed by atoms with E-state index in [-0.39, 0.29) is 12.1 Å². The van der Waals surface area contributed by atoms with Gasteiger partial charge in [0.2, 0.25) is 0 Å². The van der Waals surface area contributed by atoms with E-state index in [1.807, 2.05) is 78.9 Å². The van der Waals surface area contributed by atoms with E-state index in [2.05, 4.69) is 47.1 Å². The molecular formula is C24H17Br2N3OS. The van der Waals surface area contributed by atoms with Gasteiger partial charge in [0.25, 0.3) is 0 Å². The van der Waals surface area contributed by atoms with Crippen molar-refractivity contribution in [2.45, 2.75) is 12.1 Å². The minimum Gasteiger partial charge on any atom is -0.459 e. The number of pyridine rings is 1. The highest BCUT2D eigenvalue weighted by atomic mass is 79.9. The molecule has 31 heavy (non-hydrogen) atoms. The van der Waals surface area contributed by atoms with Gasteiger partial charge in [-0.25, -0.2) is 0 Å². The Kier molecular flexibility index (Phi) is 5.65. The predicted molar refractivity (Wildman–Crippen MR) is 134 cm³/mol. The van der Waals surface area contributed by atoms with Gasteiger partial charge in [-0.05, 0) is 72.9 Å². The van der Waals surface area contributed by atoms with E-state index in [1.165, 1.54) is 0 Å². The van der Waals surface area contributed by atoms with Crippen LogP contribution >= 0.6 is 44.1 Å². The van der Waals surface area contributed by atoms with Gasteiger partial charge in [0.15, 0.2) is 5.11 Å². The zero-order valence-corrected chi connectivity index (χ0v) is 20.2. The lowest BCUT2D eigenvalue weighted by molar-refractivity contribution is 0.439. The smallest absolute Gasteiger partial charge is 0.174 e. The van der Waals surface area contributed by atoms with Crippen LogP contribution in [0.1, 0.15) is 23.5 Å². The SMILES string of the molecule is S=C1NC(c2ccccn2)C(c2ccc(-c3ccc(Br)cc3)o2)N1c1ccc(Br)cc1. The van der Waals surface area contributed by atoms with E-state index in [0.717, 1.165) is 37.4 Å². The van der Waals surface area contributed by atoms with E-state index < -0.39 is 0 Å². The quantitative estimate of drug-likeness (QED) is 0.274. The van der Waals surface area contributed by atoms with Crippen molar-refractivity contribution < 1.29 is 4.42 Å². The number of hydrogen-bond acceptors (Lipinski definition) is 3. The molecule has 154 valence electrons. The number of aromatic nitrogens is 1. The zero-order chi connectivity index (χ0) is 21.4. The van der Waals surface area contributed by atoms with E-state index in [4.69, 9.17) is 16.6 Å². The third-order valence-electron chi connectivity index (χ3n) is 5.25. The topological polar surface area (TPSA) is 41.3 Å². The number of furan rings is 1. The first-order valence-electron chi connectivity index (χ1n) is 9.72. The monoisotopic (exact) mass is 553 g/mol. The second-order valence-corrected chi connectivity index (χ2v) is 9.40. The minimum absolute atomic E-state index is 0.138. The molecule has 2 unspecified atom stereocenters. The van der Waals surface area contributed by atoms with Crippen molar-refractivity contribution in [1.82, 2.24) is 10.3 Å². The molecule has 0 spiro atoms. The van der Waals surface area contributed by atoms with E-state index in [9.17, 15) is 0 Å². The number of anilines is 1. The average molecular weight is 555 g/mol. The summed E-state index contributed by atoms with van der Waals surface area (Å²) in [6.45, 7) is 0. The number of hydrogen-bond donors (Lipinski definition) is 1. The molecular weight excluding hydrogens is 538 g/mol. The fourth-order valence-electron chi connectivity index (χ4n) is 3.80. The van der Waals surface area contributed by atoms with Crippen molar-refractivity contribution in [2.75, 3.05) is 4.90 Å². The Labute approximate surface area is 202 Å². The molecule has 0 bridgehead atoms. The second-order valence-electron chi connectivity index (χ2n) is 7.18. The maximum Gasteiger partial charge on any atom is 0.174 e. The molecule has 1 aliphatic rings. The van der Waals surface area contributed by atoms with E-state index in [1.54, 1.807) is 6.20 Å². The van der Waals surface area contributed by atoms with Crippen molar-refractivity contribution in [3.05, 3.63) is 105 Å². The molecule has 1 aliphatic heterocycles. The van der Waals surface area contributed by atoms with Crippen LogP contribution in [0, 0.1) is 0 Å². The Morgan fingerprint density at radius 2 is 1.58 bits per heavy atom. The van der Waals surface area contributed by atoms with Gasteiger partial charge in [-0.15, -0.1) is 0 Å². The molecule has 0 amide bonds. The Hall–Kier alpha value is -2.48. The lowest BCUT2D eigenvalue weighted by Gasteiger charge is -2.26. The highest BCUT2D eigenvalue weighted by molar-refractivity contribution is 9.10.